The highest BCUT2D eigenvalue weighted by Gasteiger charge is 2.10. The number of pyridine rings is 1. The zero-order valence-electron chi connectivity index (χ0n) is 8.03. The first-order chi connectivity index (χ1) is 6.63. The summed E-state index contributed by atoms with van der Waals surface area (Å²) in [6.45, 7) is 2.33. The summed E-state index contributed by atoms with van der Waals surface area (Å²) >= 11 is 0. The largest absolute Gasteiger partial charge is 0.330 e. The predicted molar refractivity (Wildman–Crippen MR) is 51.4 cm³/mol. The average Bonchev–Trinajstić information content (AvgIpc) is 2.17. The van der Waals surface area contributed by atoms with Crippen LogP contribution in [0.1, 0.15) is 23.7 Å². The number of rotatable bonds is 4. The Bertz CT molecular complexity index is 328. The van der Waals surface area contributed by atoms with E-state index in [1.807, 2.05) is 6.92 Å². The molecule has 1 heterocycles. The van der Waals surface area contributed by atoms with Crippen molar-refractivity contribution in [3.8, 4) is 0 Å². The van der Waals surface area contributed by atoms with E-state index in [0.717, 1.165) is 6.20 Å². The van der Waals surface area contributed by atoms with E-state index in [-0.39, 0.29) is 11.7 Å². The van der Waals surface area contributed by atoms with Crippen molar-refractivity contribution in [1.82, 2.24) is 4.98 Å². The Labute approximate surface area is 82.1 Å². The average molecular weight is 196 g/mol. The number of carbonyl (C=O) groups is 1. The molecule has 1 aromatic rings. The van der Waals surface area contributed by atoms with E-state index in [1.54, 1.807) is 0 Å². The Balaban J connectivity index is 2.70. The fourth-order valence-electron chi connectivity index (χ4n) is 1.08. The summed E-state index contributed by atoms with van der Waals surface area (Å²) in [6.07, 6.45) is 2.78. The molecule has 0 saturated carbocycles. The Morgan fingerprint density at radius 1 is 1.64 bits per heavy atom. The predicted octanol–water partition coefficient (Wildman–Crippen LogP) is 1.39. The Kier molecular flexibility index (Phi) is 3.71. The molecule has 2 N–H and O–H groups in total. The van der Waals surface area contributed by atoms with Gasteiger partial charge in [-0.2, -0.15) is 0 Å². The van der Waals surface area contributed by atoms with Gasteiger partial charge in [0.25, 0.3) is 0 Å². The molecular weight excluding hydrogens is 183 g/mol. The van der Waals surface area contributed by atoms with Crippen LogP contribution in [0.15, 0.2) is 18.5 Å². The third-order valence-corrected chi connectivity index (χ3v) is 1.96. The van der Waals surface area contributed by atoms with Gasteiger partial charge in [0.2, 0.25) is 0 Å². The van der Waals surface area contributed by atoms with Crippen LogP contribution in [0.5, 0.6) is 0 Å². The normalized spacial score (nSPS) is 12.5. The first-order valence-electron chi connectivity index (χ1n) is 4.47. The molecule has 0 aliphatic rings. The highest BCUT2D eigenvalue weighted by atomic mass is 19.1. The van der Waals surface area contributed by atoms with Gasteiger partial charge in [-0.1, -0.05) is 6.92 Å². The molecule has 1 atom stereocenters. The summed E-state index contributed by atoms with van der Waals surface area (Å²) in [6, 6.07) is 1.19. The van der Waals surface area contributed by atoms with Crippen molar-refractivity contribution in [2.45, 2.75) is 13.3 Å². The third kappa shape index (κ3) is 2.88. The van der Waals surface area contributed by atoms with Crippen LogP contribution in [0, 0.1) is 11.7 Å². The van der Waals surface area contributed by atoms with E-state index in [0.29, 0.717) is 18.5 Å². The van der Waals surface area contributed by atoms with Crippen molar-refractivity contribution >= 4 is 5.78 Å². The van der Waals surface area contributed by atoms with Gasteiger partial charge in [0.15, 0.2) is 5.78 Å². The maximum Gasteiger partial charge on any atom is 0.164 e. The van der Waals surface area contributed by atoms with Crippen LogP contribution >= 0.6 is 0 Å². The highest BCUT2D eigenvalue weighted by Crippen LogP contribution is 2.09. The van der Waals surface area contributed by atoms with Crippen LogP contribution in [-0.2, 0) is 0 Å². The minimum Gasteiger partial charge on any atom is -0.330 e. The van der Waals surface area contributed by atoms with Gasteiger partial charge in [-0.25, -0.2) is 4.39 Å². The van der Waals surface area contributed by atoms with Gasteiger partial charge in [-0.05, 0) is 18.5 Å². The molecule has 76 valence electrons. The Hall–Kier alpha value is -1.29. The lowest BCUT2D eigenvalue weighted by molar-refractivity contribution is 0.0965. The lowest BCUT2D eigenvalue weighted by Gasteiger charge is -2.06. The fraction of sp³-hybridized carbons (Fsp3) is 0.400. The number of ketones is 1. The summed E-state index contributed by atoms with van der Waals surface area (Å²) in [5, 5.41) is 0. The van der Waals surface area contributed by atoms with E-state index in [9.17, 15) is 9.18 Å². The van der Waals surface area contributed by atoms with Crippen LogP contribution in [-0.4, -0.2) is 17.3 Å². The van der Waals surface area contributed by atoms with E-state index < -0.39 is 5.82 Å². The number of halogens is 1. The molecule has 0 radical (unpaired) electrons. The first kappa shape index (κ1) is 10.8. The number of carbonyl (C=O) groups excluding carboxylic acids is 1. The summed E-state index contributed by atoms with van der Waals surface area (Å²) in [4.78, 5) is 15.1. The highest BCUT2D eigenvalue weighted by molar-refractivity contribution is 5.95. The van der Waals surface area contributed by atoms with Gasteiger partial charge < -0.3 is 5.73 Å². The van der Waals surface area contributed by atoms with Crippen LogP contribution in [0.2, 0.25) is 0 Å². The molecule has 0 spiro atoms. The molecule has 0 fully saturated rings. The molecule has 0 bridgehead atoms. The summed E-state index contributed by atoms with van der Waals surface area (Å²) in [7, 11) is 0. The first-order valence-corrected chi connectivity index (χ1v) is 4.47. The van der Waals surface area contributed by atoms with Crippen LogP contribution < -0.4 is 5.73 Å². The molecule has 4 heteroatoms. The fourth-order valence-corrected chi connectivity index (χ4v) is 1.08. The van der Waals surface area contributed by atoms with Crippen molar-refractivity contribution in [1.29, 1.82) is 0 Å². The molecular formula is C10H13FN2O. The lowest BCUT2D eigenvalue weighted by atomic mass is 10.0. The minimum atomic E-state index is -0.490. The van der Waals surface area contributed by atoms with E-state index >= 15 is 0 Å². The molecule has 0 aromatic carbocycles. The number of Topliss-reactive ketones (excluding diaryl/α,β-unsaturated/α-hetero) is 1. The SMILES string of the molecule is CC(CN)CC(=O)c1cncc(F)c1. The van der Waals surface area contributed by atoms with Crippen LogP contribution in [0.25, 0.3) is 0 Å². The Morgan fingerprint density at radius 3 is 2.93 bits per heavy atom. The van der Waals surface area contributed by atoms with Gasteiger partial charge in [0.1, 0.15) is 5.82 Å². The van der Waals surface area contributed by atoms with Crippen molar-refractivity contribution in [2.75, 3.05) is 6.54 Å². The lowest BCUT2D eigenvalue weighted by Crippen LogP contribution is -2.15. The molecule has 1 aromatic heterocycles. The van der Waals surface area contributed by atoms with Gasteiger partial charge in [-0.15, -0.1) is 0 Å². The van der Waals surface area contributed by atoms with E-state index in [1.165, 1.54) is 12.3 Å². The van der Waals surface area contributed by atoms with Crippen molar-refractivity contribution < 1.29 is 9.18 Å². The molecule has 0 aliphatic carbocycles. The molecule has 0 saturated heterocycles. The second-order valence-electron chi connectivity index (χ2n) is 3.36. The van der Waals surface area contributed by atoms with Gasteiger partial charge in [0.05, 0.1) is 6.20 Å². The maximum atomic E-state index is 12.7. The van der Waals surface area contributed by atoms with Crippen molar-refractivity contribution in [3.05, 3.63) is 29.8 Å². The quantitative estimate of drug-likeness (QED) is 0.740. The van der Waals surface area contributed by atoms with Gasteiger partial charge in [0, 0.05) is 18.2 Å². The molecule has 1 rings (SSSR count). The monoisotopic (exact) mass is 196 g/mol. The molecule has 0 amide bonds. The van der Waals surface area contributed by atoms with Gasteiger partial charge >= 0.3 is 0 Å². The number of nitrogens with two attached hydrogens (primary N) is 1. The zero-order valence-corrected chi connectivity index (χ0v) is 8.03. The molecule has 14 heavy (non-hydrogen) atoms. The topological polar surface area (TPSA) is 56.0 Å². The summed E-state index contributed by atoms with van der Waals surface area (Å²) in [5.41, 5.74) is 5.70. The van der Waals surface area contributed by atoms with Crippen LogP contribution in [0.4, 0.5) is 4.39 Å². The Morgan fingerprint density at radius 2 is 2.36 bits per heavy atom. The molecule has 0 aliphatic heterocycles. The van der Waals surface area contributed by atoms with E-state index in [2.05, 4.69) is 4.98 Å². The number of aromatic nitrogens is 1. The summed E-state index contributed by atoms with van der Waals surface area (Å²) in [5.74, 6) is -0.489. The standard InChI is InChI=1S/C10H13FN2O/c1-7(4-12)2-10(14)8-3-9(11)6-13-5-8/h3,5-7H,2,4,12H2,1H3. The second kappa shape index (κ2) is 4.81. The molecule has 1 unspecified atom stereocenters. The zero-order chi connectivity index (χ0) is 10.6. The summed E-state index contributed by atoms with van der Waals surface area (Å²) < 4.78 is 12.7. The molecule has 3 nitrogen and oxygen atoms in total. The van der Waals surface area contributed by atoms with Gasteiger partial charge in [-0.3, -0.25) is 9.78 Å². The van der Waals surface area contributed by atoms with Crippen LogP contribution in [0.3, 0.4) is 0 Å². The number of hydrogen-bond donors (Lipinski definition) is 1. The number of hydrogen-bond acceptors (Lipinski definition) is 3. The smallest absolute Gasteiger partial charge is 0.164 e. The third-order valence-electron chi connectivity index (χ3n) is 1.96. The number of nitrogens with zero attached hydrogens (tertiary/aromatic N) is 1. The minimum absolute atomic E-state index is 0.116. The van der Waals surface area contributed by atoms with E-state index in [4.69, 9.17) is 5.73 Å². The maximum absolute atomic E-state index is 12.7. The second-order valence-corrected chi connectivity index (χ2v) is 3.36. The van der Waals surface area contributed by atoms with Crippen molar-refractivity contribution in [3.63, 3.8) is 0 Å². The van der Waals surface area contributed by atoms with Crippen molar-refractivity contribution in [2.24, 2.45) is 11.7 Å².